The maximum Gasteiger partial charge on any atom is 0.0588 e. The lowest BCUT2D eigenvalue weighted by atomic mass is 10.00. The van der Waals surface area contributed by atoms with Crippen molar-refractivity contribution in [3.63, 3.8) is 0 Å². The van der Waals surface area contributed by atoms with Gasteiger partial charge in [-0.1, -0.05) is 35.8 Å². The Bertz CT molecular complexity index is 506. The van der Waals surface area contributed by atoms with Crippen molar-refractivity contribution in [1.82, 2.24) is 5.32 Å². The highest BCUT2D eigenvalue weighted by Gasteiger charge is 2.42. The molecule has 116 valence electrons. The van der Waals surface area contributed by atoms with Gasteiger partial charge in [0.05, 0.1) is 6.10 Å². The van der Waals surface area contributed by atoms with Crippen molar-refractivity contribution in [2.45, 2.75) is 45.4 Å². The highest BCUT2D eigenvalue weighted by atomic mass is 79.9. The summed E-state index contributed by atoms with van der Waals surface area (Å²) in [5, 5.41) is 13.6. The normalized spacial score (nSPS) is 28.4. The first kappa shape index (κ1) is 15.3. The van der Waals surface area contributed by atoms with Crippen molar-refractivity contribution >= 4 is 21.6 Å². The first-order chi connectivity index (χ1) is 10.0. The number of aliphatic hydroxyl groups is 1. The van der Waals surface area contributed by atoms with E-state index in [-0.39, 0.29) is 6.10 Å². The fourth-order valence-electron chi connectivity index (χ4n) is 3.73. The molecule has 2 N–H and O–H groups in total. The van der Waals surface area contributed by atoms with Crippen molar-refractivity contribution in [3.05, 3.63) is 28.2 Å². The number of halogens is 1. The van der Waals surface area contributed by atoms with E-state index in [0.717, 1.165) is 30.5 Å². The summed E-state index contributed by atoms with van der Waals surface area (Å²) in [6.07, 6.45) is 2.07. The Hall–Kier alpha value is -0.580. The molecule has 2 fully saturated rings. The highest BCUT2D eigenvalue weighted by molar-refractivity contribution is 9.10. The Morgan fingerprint density at radius 1 is 1.33 bits per heavy atom. The quantitative estimate of drug-likeness (QED) is 0.873. The zero-order chi connectivity index (χ0) is 15.0. The summed E-state index contributed by atoms with van der Waals surface area (Å²) in [5.74, 6) is 1.14. The molecule has 0 aromatic heterocycles. The van der Waals surface area contributed by atoms with Crippen LogP contribution in [0.25, 0.3) is 0 Å². The molecular formula is C17H25BrN2O. The Balaban J connectivity index is 1.79. The van der Waals surface area contributed by atoms with Gasteiger partial charge >= 0.3 is 0 Å². The second-order valence-electron chi connectivity index (χ2n) is 6.78. The molecular weight excluding hydrogens is 328 g/mol. The van der Waals surface area contributed by atoms with Gasteiger partial charge in [0.25, 0.3) is 0 Å². The number of anilines is 1. The van der Waals surface area contributed by atoms with Crippen LogP contribution in [0.3, 0.4) is 0 Å². The number of hydrogen-bond donors (Lipinski definition) is 2. The first-order valence-corrected chi connectivity index (χ1v) is 8.78. The van der Waals surface area contributed by atoms with E-state index >= 15 is 0 Å². The Morgan fingerprint density at radius 3 is 2.86 bits per heavy atom. The average Bonchev–Trinajstić information content (AvgIpc) is 3.00. The lowest BCUT2D eigenvalue weighted by Gasteiger charge is -2.24. The summed E-state index contributed by atoms with van der Waals surface area (Å²) in [6, 6.07) is 7.04. The average molecular weight is 353 g/mol. The predicted molar refractivity (Wildman–Crippen MR) is 90.6 cm³/mol. The van der Waals surface area contributed by atoms with E-state index in [9.17, 15) is 5.11 Å². The van der Waals surface area contributed by atoms with Crippen LogP contribution in [0.1, 0.15) is 32.3 Å². The molecule has 0 spiro atoms. The number of fused-ring (bicyclic) bond motifs is 1. The third-order valence-corrected chi connectivity index (χ3v) is 5.40. The molecule has 21 heavy (non-hydrogen) atoms. The maximum absolute atomic E-state index is 10.1. The summed E-state index contributed by atoms with van der Waals surface area (Å²) < 4.78 is 1.13. The molecule has 1 saturated carbocycles. The lowest BCUT2D eigenvalue weighted by Crippen LogP contribution is -2.27. The van der Waals surface area contributed by atoms with E-state index < -0.39 is 0 Å². The Kier molecular flexibility index (Phi) is 4.57. The van der Waals surface area contributed by atoms with Gasteiger partial charge in [-0.15, -0.1) is 0 Å². The smallest absolute Gasteiger partial charge is 0.0588 e. The van der Waals surface area contributed by atoms with Gasteiger partial charge in [0.2, 0.25) is 0 Å². The van der Waals surface area contributed by atoms with Crippen LogP contribution >= 0.6 is 15.9 Å². The molecule has 3 unspecified atom stereocenters. The molecule has 1 aliphatic carbocycles. The van der Waals surface area contributed by atoms with Gasteiger partial charge in [-0.3, -0.25) is 0 Å². The minimum absolute atomic E-state index is 0.0932. The minimum Gasteiger partial charge on any atom is -0.393 e. The Morgan fingerprint density at radius 2 is 2.14 bits per heavy atom. The number of benzene rings is 1. The van der Waals surface area contributed by atoms with Gasteiger partial charge in [0, 0.05) is 41.8 Å². The van der Waals surface area contributed by atoms with Gasteiger partial charge in [-0.05, 0) is 36.5 Å². The van der Waals surface area contributed by atoms with Gasteiger partial charge in [0.1, 0.15) is 0 Å². The standard InChI is InChI=1S/C17H25BrN2O/c1-11(2)19-8-12-3-5-14(18)7-16(12)20-9-13-4-6-17(21)15(13)10-20/h3,5,7,11,13,15,17,19,21H,4,6,8-10H2,1-2H3. The van der Waals surface area contributed by atoms with Gasteiger partial charge in [0.15, 0.2) is 0 Å². The van der Waals surface area contributed by atoms with Crippen LogP contribution in [-0.4, -0.2) is 30.3 Å². The molecule has 4 heteroatoms. The van der Waals surface area contributed by atoms with Crippen molar-refractivity contribution in [2.75, 3.05) is 18.0 Å². The molecule has 3 atom stereocenters. The van der Waals surface area contributed by atoms with E-state index in [1.165, 1.54) is 17.7 Å². The maximum atomic E-state index is 10.1. The molecule has 1 aromatic rings. The molecule has 3 nitrogen and oxygen atoms in total. The van der Waals surface area contributed by atoms with E-state index in [0.29, 0.717) is 17.9 Å². The van der Waals surface area contributed by atoms with E-state index in [1.807, 2.05) is 0 Å². The van der Waals surface area contributed by atoms with Crippen molar-refractivity contribution < 1.29 is 5.11 Å². The second kappa shape index (κ2) is 6.27. The second-order valence-corrected chi connectivity index (χ2v) is 7.70. The van der Waals surface area contributed by atoms with Gasteiger partial charge in [-0.2, -0.15) is 0 Å². The van der Waals surface area contributed by atoms with Crippen molar-refractivity contribution in [1.29, 1.82) is 0 Å². The highest BCUT2D eigenvalue weighted by Crippen LogP contribution is 2.41. The first-order valence-electron chi connectivity index (χ1n) is 7.99. The van der Waals surface area contributed by atoms with E-state index in [2.05, 4.69) is 58.2 Å². The van der Waals surface area contributed by atoms with Crippen LogP contribution in [0.2, 0.25) is 0 Å². The van der Waals surface area contributed by atoms with Crippen molar-refractivity contribution in [2.24, 2.45) is 11.8 Å². The van der Waals surface area contributed by atoms with Gasteiger partial charge in [-0.25, -0.2) is 0 Å². The SMILES string of the molecule is CC(C)NCc1ccc(Br)cc1N1CC2CCC(O)C2C1. The van der Waals surface area contributed by atoms with E-state index in [1.54, 1.807) is 0 Å². The molecule has 1 heterocycles. The molecule has 0 amide bonds. The van der Waals surface area contributed by atoms with Crippen LogP contribution in [0.4, 0.5) is 5.69 Å². The molecule has 2 aliphatic rings. The van der Waals surface area contributed by atoms with Crippen LogP contribution < -0.4 is 10.2 Å². The van der Waals surface area contributed by atoms with Crippen LogP contribution in [0.15, 0.2) is 22.7 Å². The third kappa shape index (κ3) is 3.27. The predicted octanol–water partition coefficient (Wildman–Crippen LogP) is 3.15. The largest absolute Gasteiger partial charge is 0.393 e. The molecule has 0 radical (unpaired) electrons. The summed E-state index contributed by atoms with van der Waals surface area (Å²) in [4.78, 5) is 2.47. The molecule has 3 rings (SSSR count). The number of aliphatic hydroxyl groups excluding tert-OH is 1. The number of hydrogen-bond acceptors (Lipinski definition) is 3. The summed E-state index contributed by atoms with van der Waals surface area (Å²) in [6.45, 7) is 7.34. The molecule has 1 aromatic carbocycles. The van der Waals surface area contributed by atoms with E-state index in [4.69, 9.17) is 0 Å². The fourth-order valence-corrected chi connectivity index (χ4v) is 4.08. The number of rotatable bonds is 4. The van der Waals surface area contributed by atoms with Crippen LogP contribution in [0.5, 0.6) is 0 Å². The van der Waals surface area contributed by atoms with Crippen LogP contribution in [0, 0.1) is 11.8 Å². The Labute approximate surface area is 135 Å². The zero-order valence-electron chi connectivity index (χ0n) is 12.8. The fraction of sp³-hybridized carbons (Fsp3) is 0.647. The summed E-state index contributed by atoms with van der Waals surface area (Å²) in [7, 11) is 0. The monoisotopic (exact) mass is 352 g/mol. The minimum atomic E-state index is -0.0932. The molecule has 1 aliphatic heterocycles. The number of nitrogens with zero attached hydrogens (tertiary/aromatic N) is 1. The van der Waals surface area contributed by atoms with Crippen LogP contribution in [-0.2, 0) is 6.54 Å². The zero-order valence-corrected chi connectivity index (χ0v) is 14.4. The summed E-state index contributed by atoms with van der Waals surface area (Å²) >= 11 is 3.60. The number of nitrogens with one attached hydrogen (secondary N) is 1. The molecule has 0 bridgehead atoms. The molecule has 1 saturated heterocycles. The topological polar surface area (TPSA) is 35.5 Å². The lowest BCUT2D eigenvalue weighted by molar-refractivity contribution is 0.133. The van der Waals surface area contributed by atoms with Crippen molar-refractivity contribution in [3.8, 4) is 0 Å². The summed E-state index contributed by atoms with van der Waals surface area (Å²) in [5.41, 5.74) is 2.67. The third-order valence-electron chi connectivity index (χ3n) is 4.91. The van der Waals surface area contributed by atoms with Gasteiger partial charge < -0.3 is 15.3 Å².